The summed E-state index contributed by atoms with van der Waals surface area (Å²) >= 11 is 0. The molecule has 0 aliphatic carbocycles. The van der Waals surface area contributed by atoms with Gasteiger partial charge in [-0.05, 0) is 26.0 Å². The van der Waals surface area contributed by atoms with Crippen LogP contribution in [0.2, 0.25) is 0 Å². The molecule has 0 bridgehead atoms. The summed E-state index contributed by atoms with van der Waals surface area (Å²) in [6, 6.07) is 8.92. The number of carbonyl (C=O) groups excluding carboxylic acids is 1. The minimum absolute atomic E-state index is 0.177. The molecule has 0 aliphatic heterocycles. The SMILES string of the molecule is CCC(C(=O)NC(C)COCC(F)(F)F)N(C)Cc1ccccc1. The molecule has 1 N–H and O–H groups in total. The van der Waals surface area contributed by atoms with Crippen LogP contribution >= 0.6 is 0 Å². The average Bonchev–Trinajstić information content (AvgIpc) is 2.47. The van der Waals surface area contributed by atoms with Gasteiger partial charge in [0.15, 0.2) is 0 Å². The highest BCUT2D eigenvalue weighted by Gasteiger charge is 2.28. The van der Waals surface area contributed by atoms with Crippen molar-refractivity contribution < 1.29 is 22.7 Å². The van der Waals surface area contributed by atoms with Crippen LogP contribution in [0.15, 0.2) is 30.3 Å². The van der Waals surface area contributed by atoms with Crippen molar-refractivity contribution in [2.75, 3.05) is 20.3 Å². The molecule has 24 heavy (non-hydrogen) atoms. The molecule has 1 aromatic rings. The molecule has 4 nitrogen and oxygen atoms in total. The summed E-state index contributed by atoms with van der Waals surface area (Å²) in [5.41, 5.74) is 1.09. The fraction of sp³-hybridized carbons (Fsp3) is 0.588. The molecule has 0 saturated carbocycles. The van der Waals surface area contributed by atoms with Gasteiger partial charge in [0.25, 0.3) is 0 Å². The van der Waals surface area contributed by atoms with Crippen molar-refractivity contribution in [1.82, 2.24) is 10.2 Å². The molecule has 1 amide bonds. The van der Waals surface area contributed by atoms with Gasteiger partial charge in [-0.15, -0.1) is 0 Å². The number of halogens is 3. The van der Waals surface area contributed by atoms with Crippen molar-refractivity contribution in [2.24, 2.45) is 0 Å². The molecule has 136 valence electrons. The van der Waals surface area contributed by atoms with Gasteiger partial charge in [0.1, 0.15) is 6.61 Å². The number of hydrogen-bond acceptors (Lipinski definition) is 3. The molecule has 2 unspecified atom stereocenters. The molecule has 0 fully saturated rings. The van der Waals surface area contributed by atoms with Crippen LogP contribution in [0.3, 0.4) is 0 Å². The van der Waals surface area contributed by atoms with Gasteiger partial charge in [0.2, 0.25) is 5.91 Å². The second-order valence-electron chi connectivity index (χ2n) is 5.86. The Balaban J connectivity index is 2.47. The molecule has 1 aromatic carbocycles. The summed E-state index contributed by atoms with van der Waals surface area (Å²) in [5, 5.41) is 2.71. The highest BCUT2D eigenvalue weighted by atomic mass is 19.4. The summed E-state index contributed by atoms with van der Waals surface area (Å²) in [6.45, 7) is 2.66. The Bertz CT molecular complexity index is 494. The fourth-order valence-corrected chi connectivity index (χ4v) is 2.41. The van der Waals surface area contributed by atoms with E-state index in [1.807, 2.05) is 49.2 Å². The van der Waals surface area contributed by atoms with E-state index >= 15 is 0 Å². The van der Waals surface area contributed by atoms with Crippen molar-refractivity contribution >= 4 is 5.91 Å². The molecule has 0 saturated heterocycles. The van der Waals surface area contributed by atoms with Crippen LogP contribution < -0.4 is 5.32 Å². The van der Waals surface area contributed by atoms with Crippen LogP contribution in [-0.2, 0) is 16.1 Å². The predicted molar refractivity (Wildman–Crippen MR) is 86.5 cm³/mol. The number of likely N-dealkylation sites (N-methyl/N-ethyl adjacent to an activating group) is 1. The smallest absolute Gasteiger partial charge is 0.370 e. The maximum atomic E-state index is 12.3. The first-order valence-corrected chi connectivity index (χ1v) is 7.92. The molecule has 0 aromatic heterocycles. The number of nitrogens with one attached hydrogen (secondary N) is 1. The lowest BCUT2D eigenvalue weighted by Crippen LogP contribution is -2.48. The monoisotopic (exact) mass is 346 g/mol. The van der Waals surface area contributed by atoms with Crippen LogP contribution in [0.25, 0.3) is 0 Å². The normalized spacial score (nSPS) is 14.5. The lowest BCUT2D eigenvalue weighted by Gasteiger charge is -2.27. The molecule has 0 heterocycles. The third-order valence-corrected chi connectivity index (χ3v) is 3.52. The summed E-state index contributed by atoms with van der Waals surface area (Å²) in [6.07, 6.45) is -3.75. The van der Waals surface area contributed by atoms with Crippen LogP contribution in [0.4, 0.5) is 13.2 Å². The Kier molecular flexibility index (Phi) is 8.21. The molecular formula is C17H25F3N2O2. The van der Waals surface area contributed by atoms with Crippen molar-refractivity contribution in [3.63, 3.8) is 0 Å². The van der Waals surface area contributed by atoms with Gasteiger partial charge in [0, 0.05) is 12.6 Å². The molecule has 0 radical (unpaired) electrons. The average molecular weight is 346 g/mol. The maximum absolute atomic E-state index is 12.3. The summed E-state index contributed by atoms with van der Waals surface area (Å²) < 4.78 is 40.7. The quantitative estimate of drug-likeness (QED) is 0.747. The minimum Gasteiger partial charge on any atom is -0.370 e. The summed E-state index contributed by atoms with van der Waals surface area (Å²) in [5.74, 6) is -0.209. The van der Waals surface area contributed by atoms with Crippen molar-refractivity contribution in [3.8, 4) is 0 Å². The fourth-order valence-electron chi connectivity index (χ4n) is 2.41. The molecule has 2 atom stereocenters. The topological polar surface area (TPSA) is 41.6 Å². The first-order valence-electron chi connectivity index (χ1n) is 7.92. The standard InChI is InChI=1S/C17H25F3N2O2/c1-4-15(22(3)10-14-8-6-5-7-9-14)16(23)21-13(2)11-24-12-17(18,19)20/h5-9,13,15H,4,10-12H2,1-3H3,(H,21,23). The molecule has 0 spiro atoms. The van der Waals surface area contributed by atoms with Crippen molar-refractivity contribution in [1.29, 1.82) is 0 Å². The van der Waals surface area contributed by atoms with Gasteiger partial charge in [-0.2, -0.15) is 13.2 Å². The minimum atomic E-state index is -4.36. The van der Waals surface area contributed by atoms with Gasteiger partial charge >= 0.3 is 6.18 Å². The largest absolute Gasteiger partial charge is 0.411 e. The van der Waals surface area contributed by atoms with E-state index < -0.39 is 18.8 Å². The van der Waals surface area contributed by atoms with Crippen molar-refractivity contribution in [3.05, 3.63) is 35.9 Å². The van der Waals surface area contributed by atoms with Crippen LogP contribution in [0.1, 0.15) is 25.8 Å². The second-order valence-corrected chi connectivity index (χ2v) is 5.86. The van der Waals surface area contributed by atoms with Crippen LogP contribution in [0.5, 0.6) is 0 Å². The van der Waals surface area contributed by atoms with E-state index in [2.05, 4.69) is 10.1 Å². The molecule has 1 rings (SSSR count). The van der Waals surface area contributed by atoms with E-state index in [4.69, 9.17) is 0 Å². The van der Waals surface area contributed by atoms with Gasteiger partial charge in [-0.1, -0.05) is 37.3 Å². The first-order chi connectivity index (χ1) is 11.2. The zero-order chi connectivity index (χ0) is 18.2. The zero-order valence-electron chi connectivity index (χ0n) is 14.3. The highest BCUT2D eigenvalue weighted by molar-refractivity contribution is 5.81. The van der Waals surface area contributed by atoms with Gasteiger partial charge in [-0.3, -0.25) is 9.69 Å². The number of nitrogens with zero attached hydrogens (tertiary/aromatic N) is 1. The number of rotatable bonds is 9. The summed E-state index contributed by atoms with van der Waals surface area (Å²) in [7, 11) is 1.85. The second kappa shape index (κ2) is 9.64. The Morgan fingerprint density at radius 3 is 2.46 bits per heavy atom. The highest BCUT2D eigenvalue weighted by Crippen LogP contribution is 2.14. The van der Waals surface area contributed by atoms with Gasteiger partial charge < -0.3 is 10.1 Å². The Labute approximate surface area is 141 Å². The Morgan fingerprint density at radius 1 is 1.29 bits per heavy atom. The lowest BCUT2D eigenvalue weighted by atomic mass is 10.1. The number of hydrogen-bond donors (Lipinski definition) is 1. The predicted octanol–water partition coefficient (Wildman–Crippen LogP) is 2.98. The third kappa shape index (κ3) is 7.79. The van der Waals surface area contributed by atoms with E-state index in [1.54, 1.807) is 6.92 Å². The van der Waals surface area contributed by atoms with Gasteiger partial charge in [-0.25, -0.2) is 0 Å². The van der Waals surface area contributed by atoms with E-state index in [-0.39, 0.29) is 18.6 Å². The third-order valence-electron chi connectivity index (χ3n) is 3.52. The van der Waals surface area contributed by atoms with E-state index in [0.29, 0.717) is 13.0 Å². The van der Waals surface area contributed by atoms with Gasteiger partial charge in [0.05, 0.1) is 12.6 Å². The number of carbonyl (C=O) groups is 1. The van der Waals surface area contributed by atoms with E-state index in [1.165, 1.54) is 0 Å². The Hall–Kier alpha value is -1.60. The zero-order valence-corrected chi connectivity index (χ0v) is 14.3. The lowest BCUT2D eigenvalue weighted by molar-refractivity contribution is -0.175. The van der Waals surface area contributed by atoms with Crippen LogP contribution in [-0.4, -0.2) is 49.3 Å². The molecular weight excluding hydrogens is 321 g/mol. The number of amides is 1. The first kappa shape index (κ1) is 20.4. The number of benzene rings is 1. The molecule has 7 heteroatoms. The Morgan fingerprint density at radius 2 is 1.92 bits per heavy atom. The van der Waals surface area contributed by atoms with E-state index in [9.17, 15) is 18.0 Å². The maximum Gasteiger partial charge on any atom is 0.411 e. The molecule has 0 aliphatic rings. The van der Waals surface area contributed by atoms with E-state index in [0.717, 1.165) is 5.56 Å². The number of alkyl halides is 3. The van der Waals surface area contributed by atoms with Crippen molar-refractivity contribution in [2.45, 2.75) is 45.1 Å². The van der Waals surface area contributed by atoms with Crippen LogP contribution in [0, 0.1) is 0 Å². The number of ether oxygens (including phenoxy) is 1. The summed E-state index contributed by atoms with van der Waals surface area (Å²) in [4.78, 5) is 14.3.